The summed E-state index contributed by atoms with van der Waals surface area (Å²) in [5.41, 5.74) is 2.85. The molecule has 0 aliphatic carbocycles. The van der Waals surface area contributed by atoms with Gasteiger partial charge in [0.15, 0.2) is 0 Å². The van der Waals surface area contributed by atoms with Crippen molar-refractivity contribution in [2.75, 3.05) is 31.1 Å². The number of anilines is 1. The first-order chi connectivity index (χ1) is 17.1. The van der Waals surface area contributed by atoms with Crippen LogP contribution in [0.4, 0.5) is 5.95 Å². The minimum absolute atomic E-state index is 0.173. The highest BCUT2D eigenvalue weighted by Gasteiger charge is 2.36. The SMILES string of the molecule is CCOc1ccc2nc(N3CCC[C@@H]3C(=O)N3CCC(OCc4cccnc4)CC3)nc(C)c2c1. The van der Waals surface area contributed by atoms with E-state index >= 15 is 0 Å². The van der Waals surface area contributed by atoms with E-state index in [1.165, 1.54) is 0 Å². The van der Waals surface area contributed by atoms with E-state index in [4.69, 9.17) is 19.4 Å². The molecule has 2 fully saturated rings. The summed E-state index contributed by atoms with van der Waals surface area (Å²) in [5, 5.41) is 0.982. The lowest BCUT2D eigenvalue weighted by Crippen LogP contribution is -2.49. The molecule has 2 aromatic heterocycles. The Kier molecular flexibility index (Phi) is 7.08. The molecule has 5 rings (SSSR count). The number of fused-ring (bicyclic) bond motifs is 1. The Labute approximate surface area is 206 Å². The van der Waals surface area contributed by atoms with Gasteiger partial charge in [-0.2, -0.15) is 0 Å². The van der Waals surface area contributed by atoms with Crippen LogP contribution in [-0.4, -0.2) is 64.1 Å². The summed E-state index contributed by atoms with van der Waals surface area (Å²) in [5.74, 6) is 1.65. The maximum absolute atomic E-state index is 13.5. The Bertz CT molecular complexity index is 1160. The third-order valence-corrected chi connectivity index (χ3v) is 6.91. The van der Waals surface area contributed by atoms with Crippen molar-refractivity contribution in [1.29, 1.82) is 0 Å². The highest BCUT2D eigenvalue weighted by Crippen LogP contribution is 2.29. The fourth-order valence-electron chi connectivity index (χ4n) is 5.04. The van der Waals surface area contributed by atoms with Crippen LogP contribution in [0.3, 0.4) is 0 Å². The van der Waals surface area contributed by atoms with Gasteiger partial charge in [0.05, 0.1) is 30.5 Å². The van der Waals surface area contributed by atoms with Crippen molar-refractivity contribution >= 4 is 22.8 Å². The number of carbonyl (C=O) groups is 1. The van der Waals surface area contributed by atoms with Gasteiger partial charge in [-0.15, -0.1) is 0 Å². The molecule has 35 heavy (non-hydrogen) atoms. The van der Waals surface area contributed by atoms with Crippen molar-refractivity contribution in [2.45, 2.75) is 58.3 Å². The smallest absolute Gasteiger partial charge is 0.245 e. The molecule has 0 radical (unpaired) electrons. The Morgan fingerprint density at radius 3 is 2.74 bits per heavy atom. The molecule has 2 aliphatic heterocycles. The Hall–Kier alpha value is -3.26. The van der Waals surface area contributed by atoms with Gasteiger partial charge in [-0.25, -0.2) is 9.97 Å². The molecular formula is C27H33N5O3. The first kappa shape index (κ1) is 23.5. The van der Waals surface area contributed by atoms with Crippen LogP contribution in [0.15, 0.2) is 42.7 Å². The normalized spacial score (nSPS) is 18.9. The summed E-state index contributed by atoms with van der Waals surface area (Å²) in [6.45, 7) is 7.38. The van der Waals surface area contributed by atoms with Crippen LogP contribution in [0.5, 0.6) is 5.75 Å². The summed E-state index contributed by atoms with van der Waals surface area (Å²) < 4.78 is 11.7. The fraction of sp³-hybridized carbons (Fsp3) is 0.481. The number of rotatable bonds is 7. The van der Waals surface area contributed by atoms with Gasteiger partial charge in [-0.05, 0) is 69.4 Å². The van der Waals surface area contributed by atoms with E-state index in [1.54, 1.807) is 6.20 Å². The molecule has 2 saturated heterocycles. The van der Waals surface area contributed by atoms with Crippen LogP contribution in [0, 0.1) is 6.92 Å². The molecule has 8 heteroatoms. The number of piperidine rings is 1. The number of nitrogens with zero attached hydrogens (tertiary/aromatic N) is 5. The zero-order valence-electron chi connectivity index (χ0n) is 20.5. The molecule has 0 spiro atoms. The first-order valence-electron chi connectivity index (χ1n) is 12.6. The van der Waals surface area contributed by atoms with E-state index in [9.17, 15) is 4.79 Å². The number of pyridine rings is 1. The number of likely N-dealkylation sites (tertiary alicyclic amines) is 1. The molecule has 0 saturated carbocycles. The standard InChI is InChI=1S/C27H33N5O3/c1-3-34-22-8-9-24-23(16-22)19(2)29-27(30-24)32-13-5-7-25(32)26(33)31-14-10-21(11-15-31)35-18-20-6-4-12-28-17-20/h4,6,8-9,12,16-17,21,25H,3,5,7,10-11,13-15,18H2,1-2H3/t25-/m1/s1. The zero-order chi connectivity index (χ0) is 24.2. The lowest BCUT2D eigenvalue weighted by molar-refractivity contribution is -0.135. The zero-order valence-corrected chi connectivity index (χ0v) is 20.5. The monoisotopic (exact) mass is 475 g/mol. The predicted molar refractivity (Wildman–Crippen MR) is 134 cm³/mol. The highest BCUT2D eigenvalue weighted by molar-refractivity contribution is 5.87. The molecule has 1 aromatic carbocycles. The Morgan fingerprint density at radius 2 is 1.97 bits per heavy atom. The van der Waals surface area contributed by atoms with Gasteiger partial charge in [0.25, 0.3) is 0 Å². The molecule has 0 bridgehead atoms. The van der Waals surface area contributed by atoms with Crippen molar-refractivity contribution < 1.29 is 14.3 Å². The molecule has 1 amide bonds. The van der Waals surface area contributed by atoms with Gasteiger partial charge in [0.1, 0.15) is 11.8 Å². The number of hydrogen-bond donors (Lipinski definition) is 0. The third kappa shape index (κ3) is 5.22. The van der Waals surface area contributed by atoms with E-state index in [1.807, 2.05) is 55.3 Å². The van der Waals surface area contributed by atoms with E-state index in [0.29, 0.717) is 19.2 Å². The number of aromatic nitrogens is 3. The Morgan fingerprint density at radius 1 is 1.11 bits per heavy atom. The number of benzene rings is 1. The van der Waals surface area contributed by atoms with Crippen molar-refractivity contribution in [3.8, 4) is 5.75 Å². The number of hydrogen-bond acceptors (Lipinski definition) is 7. The van der Waals surface area contributed by atoms with E-state index in [2.05, 4.69) is 9.88 Å². The van der Waals surface area contributed by atoms with Crippen LogP contribution >= 0.6 is 0 Å². The molecular weight excluding hydrogens is 442 g/mol. The lowest BCUT2D eigenvalue weighted by atomic mass is 10.1. The molecule has 0 N–H and O–H groups in total. The third-order valence-electron chi connectivity index (χ3n) is 6.91. The van der Waals surface area contributed by atoms with Crippen LogP contribution in [-0.2, 0) is 16.1 Å². The van der Waals surface area contributed by atoms with Gasteiger partial charge < -0.3 is 19.3 Å². The minimum Gasteiger partial charge on any atom is -0.494 e. The van der Waals surface area contributed by atoms with Crippen LogP contribution in [0.25, 0.3) is 10.9 Å². The Balaban J connectivity index is 1.23. The highest BCUT2D eigenvalue weighted by atomic mass is 16.5. The maximum atomic E-state index is 13.5. The van der Waals surface area contributed by atoms with E-state index in [-0.39, 0.29) is 18.1 Å². The van der Waals surface area contributed by atoms with Gasteiger partial charge >= 0.3 is 0 Å². The van der Waals surface area contributed by atoms with E-state index in [0.717, 1.165) is 73.2 Å². The summed E-state index contributed by atoms with van der Waals surface area (Å²) in [6, 6.07) is 9.64. The molecule has 0 unspecified atom stereocenters. The summed E-state index contributed by atoms with van der Waals surface area (Å²) in [4.78, 5) is 31.3. The van der Waals surface area contributed by atoms with Gasteiger partial charge in [0, 0.05) is 37.4 Å². The molecule has 3 aromatic rings. The average Bonchev–Trinajstić information content (AvgIpc) is 3.38. The maximum Gasteiger partial charge on any atom is 0.245 e. The predicted octanol–water partition coefficient (Wildman–Crippen LogP) is 3.91. The average molecular weight is 476 g/mol. The van der Waals surface area contributed by atoms with Gasteiger partial charge in [0.2, 0.25) is 11.9 Å². The van der Waals surface area contributed by atoms with Gasteiger partial charge in [-0.1, -0.05) is 6.07 Å². The van der Waals surface area contributed by atoms with Gasteiger partial charge in [-0.3, -0.25) is 9.78 Å². The fourth-order valence-corrected chi connectivity index (χ4v) is 5.04. The second-order valence-electron chi connectivity index (χ2n) is 9.27. The van der Waals surface area contributed by atoms with Crippen LogP contribution < -0.4 is 9.64 Å². The number of aryl methyl sites for hydroxylation is 1. The summed E-state index contributed by atoms with van der Waals surface area (Å²) in [6.07, 6.45) is 7.28. The van der Waals surface area contributed by atoms with Crippen molar-refractivity contribution in [3.05, 3.63) is 54.0 Å². The second kappa shape index (κ2) is 10.6. The topological polar surface area (TPSA) is 80.7 Å². The summed E-state index contributed by atoms with van der Waals surface area (Å²) in [7, 11) is 0. The van der Waals surface area contributed by atoms with Crippen molar-refractivity contribution in [2.24, 2.45) is 0 Å². The second-order valence-corrected chi connectivity index (χ2v) is 9.27. The molecule has 8 nitrogen and oxygen atoms in total. The van der Waals surface area contributed by atoms with Crippen molar-refractivity contribution in [1.82, 2.24) is 19.9 Å². The number of amides is 1. The van der Waals surface area contributed by atoms with E-state index < -0.39 is 0 Å². The largest absolute Gasteiger partial charge is 0.494 e. The van der Waals surface area contributed by atoms with Crippen LogP contribution in [0.1, 0.15) is 43.9 Å². The van der Waals surface area contributed by atoms with Crippen molar-refractivity contribution in [3.63, 3.8) is 0 Å². The molecule has 1 atom stereocenters. The van der Waals surface area contributed by atoms with Crippen LogP contribution in [0.2, 0.25) is 0 Å². The minimum atomic E-state index is -0.206. The quantitative estimate of drug-likeness (QED) is 0.513. The summed E-state index contributed by atoms with van der Waals surface area (Å²) >= 11 is 0. The molecule has 2 aliphatic rings. The number of ether oxygens (including phenoxy) is 2. The molecule has 4 heterocycles. The number of carbonyl (C=O) groups excluding carboxylic acids is 1. The molecule has 184 valence electrons. The lowest BCUT2D eigenvalue weighted by Gasteiger charge is -2.35. The first-order valence-corrected chi connectivity index (χ1v) is 12.6.